The number of ether oxygens (including phenoxy) is 1. The fourth-order valence-electron chi connectivity index (χ4n) is 2.95. The van der Waals surface area contributed by atoms with Gasteiger partial charge in [0, 0.05) is 11.5 Å². The van der Waals surface area contributed by atoms with Gasteiger partial charge < -0.3 is 4.74 Å². The minimum atomic E-state index is -0.957. The van der Waals surface area contributed by atoms with E-state index in [1.807, 2.05) is 12.1 Å². The molecule has 0 spiro atoms. The van der Waals surface area contributed by atoms with Crippen LogP contribution in [-0.4, -0.2) is 23.6 Å². The van der Waals surface area contributed by atoms with Crippen LogP contribution in [-0.2, 0) is 14.3 Å². The molecular formula is C19H24O4. The van der Waals surface area contributed by atoms with Crippen molar-refractivity contribution in [2.75, 3.05) is 0 Å². The number of esters is 1. The summed E-state index contributed by atoms with van der Waals surface area (Å²) in [5, 5.41) is 0. The molecule has 1 fully saturated rings. The van der Waals surface area contributed by atoms with Crippen molar-refractivity contribution in [3.63, 3.8) is 0 Å². The Labute approximate surface area is 137 Å². The van der Waals surface area contributed by atoms with E-state index >= 15 is 0 Å². The molecule has 1 aromatic rings. The molecule has 4 nitrogen and oxygen atoms in total. The molecule has 0 N–H and O–H groups in total. The van der Waals surface area contributed by atoms with Crippen molar-refractivity contribution in [3.05, 3.63) is 35.4 Å². The van der Waals surface area contributed by atoms with Gasteiger partial charge >= 0.3 is 5.97 Å². The molecule has 0 bridgehead atoms. The summed E-state index contributed by atoms with van der Waals surface area (Å²) in [4.78, 5) is 36.3. The number of rotatable bonds is 6. The Morgan fingerprint density at radius 2 is 1.57 bits per heavy atom. The van der Waals surface area contributed by atoms with Crippen LogP contribution in [0, 0.1) is 5.92 Å². The van der Waals surface area contributed by atoms with E-state index in [1.165, 1.54) is 0 Å². The molecule has 4 heteroatoms. The molecule has 2 rings (SSSR count). The van der Waals surface area contributed by atoms with Gasteiger partial charge in [-0.2, -0.15) is 0 Å². The number of carbonyl (C=O) groups excluding carboxylic acids is 3. The lowest BCUT2D eigenvalue weighted by Crippen LogP contribution is -2.31. The van der Waals surface area contributed by atoms with Crippen LogP contribution < -0.4 is 0 Å². The molecule has 0 aromatic heterocycles. The highest BCUT2D eigenvalue weighted by Gasteiger charge is 2.30. The Kier molecular flexibility index (Phi) is 5.69. The number of ketones is 2. The Morgan fingerprint density at radius 3 is 2.09 bits per heavy atom. The number of hydrogen-bond acceptors (Lipinski definition) is 4. The summed E-state index contributed by atoms with van der Waals surface area (Å²) in [7, 11) is 0. The third-order valence-electron chi connectivity index (χ3n) is 4.47. The number of Topliss-reactive ketones (excluding diaryl/α,β-unsaturated/α-hetero) is 2. The lowest BCUT2D eigenvalue weighted by atomic mass is 9.99. The maximum Gasteiger partial charge on any atom is 0.380 e. The van der Waals surface area contributed by atoms with Crippen LogP contribution in [0.25, 0.3) is 0 Å². The summed E-state index contributed by atoms with van der Waals surface area (Å²) in [6.07, 6.45) is 2.93. The van der Waals surface area contributed by atoms with E-state index in [9.17, 15) is 14.4 Å². The van der Waals surface area contributed by atoms with Gasteiger partial charge in [-0.25, -0.2) is 4.79 Å². The molecule has 1 aromatic carbocycles. The van der Waals surface area contributed by atoms with Crippen molar-refractivity contribution in [1.82, 2.24) is 0 Å². The molecule has 1 aliphatic rings. The normalized spacial score (nSPS) is 16.3. The van der Waals surface area contributed by atoms with Crippen molar-refractivity contribution in [2.45, 2.75) is 58.5 Å². The van der Waals surface area contributed by atoms with Crippen molar-refractivity contribution < 1.29 is 19.1 Å². The Hall–Kier alpha value is -1.97. The maximum absolute atomic E-state index is 12.2. The predicted octanol–water partition coefficient (Wildman–Crippen LogP) is 3.68. The van der Waals surface area contributed by atoms with Gasteiger partial charge in [0.15, 0.2) is 11.9 Å². The molecular weight excluding hydrogens is 292 g/mol. The van der Waals surface area contributed by atoms with E-state index in [1.54, 1.807) is 19.1 Å². The van der Waals surface area contributed by atoms with Crippen LogP contribution >= 0.6 is 0 Å². The number of benzene rings is 1. The van der Waals surface area contributed by atoms with Gasteiger partial charge in [0.1, 0.15) is 0 Å². The van der Waals surface area contributed by atoms with Crippen LogP contribution in [0.2, 0.25) is 0 Å². The highest BCUT2D eigenvalue weighted by Crippen LogP contribution is 2.27. The quantitative estimate of drug-likeness (QED) is 0.456. The first-order chi connectivity index (χ1) is 10.9. The van der Waals surface area contributed by atoms with Gasteiger partial charge in [-0.05, 0) is 31.2 Å². The van der Waals surface area contributed by atoms with Crippen LogP contribution in [0.3, 0.4) is 0 Å². The maximum atomic E-state index is 12.2. The summed E-state index contributed by atoms with van der Waals surface area (Å²) < 4.78 is 5.08. The summed E-state index contributed by atoms with van der Waals surface area (Å²) in [6.45, 7) is 5.66. The first-order valence-corrected chi connectivity index (χ1v) is 8.29. The van der Waals surface area contributed by atoms with Crippen LogP contribution in [0.15, 0.2) is 24.3 Å². The number of carbonyl (C=O) groups is 3. The monoisotopic (exact) mass is 316 g/mol. The highest BCUT2D eigenvalue weighted by molar-refractivity contribution is 6.40. The molecule has 1 aliphatic carbocycles. The molecule has 1 saturated carbocycles. The smallest absolute Gasteiger partial charge is 0.380 e. The molecule has 0 heterocycles. The van der Waals surface area contributed by atoms with Crippen molar-refractivity contribution >= 4 is 17.5 Å². The first-order valence-electron chi connectivity index (χ1n) is 8.29. The molecule has 0 radical (unpaired) electrons. The standard InChI is InChI=1S/C19H24O4/c1-12(2)14-8-10-16(11-9-14)18(21)19(22)23-13(3)17(20)15-6-4-5-7-15/h8-13,15H,4-7H2,1-3H3. The zero-order valence-corrected chi connectivity index (χ0v) is 14.0. The van der Waals surface area contributed by atoms with Crippen LogP contribution in [0.5, 0.6) is 0 Å². The lowest BCUT2D eigenvalue weighted by Gasteiger charge is -2.15. The van der Waals surface area contributed by atoms with Crippen molar-refractivity contribution in [2.24, 2.45) is 5.92 Å². The van der Waals surface area contributed by atoms with E-state index in [0.717, 1.165) is 31.2 Å². The molecule has 0 saturated heterocycles. The molecule has 1 atom stereocenters. The third-order valence-corrected chi connectivity index (χ3v) is 4.47. The molecule has 1 unspecified atom stereocenters. The van der Waals surface area contributed by atoms with E-state index in [-0.39, 0.29) is 11.7 Å². The first kappa shape index (κ1) is 17.4. The molecule has 124 valence electrons. The van der Waals surface area contributed by atoms with Crippen LogP contribution in [0.4, 0.5) is 0 Å². The van der Waals surface area contributed by atoms with Gasteiger partial charge in [0.2, 0.25) is 0 Å². The fraction of sp³-hybridized carbons (Fsp3) is 0.526. The fourth-order valence-corrected chi connectivity index (χ4v) is 2.95. The minimum Gasteiger partial charge on any atom is -0.449 e. The highest BCUT2D eigenvalue weighted by atomic mass is 16.6. The molecule has 0 amide bonds. The second kappa shape index (κ2) is 7.53. The topological polar surface area (TPSA) is 60.4 Å². The van der Waals surface area contributed by atoms with E-state index < -0.39 is 17.9 Å². The lowest BCUT2D eigenvalue weighted by molar-refractivity contribution is -0.150. The average molecular weight is 316 g/mol. The van der Waals surface area contributed by atoms with E-state index in [4.69, 9.17) is 4.74 Å². The second-order valence-electron chi connectivity index (χ2n) is 6.54. The molecule has 23 heavy (non-hydrogen) atoms. The Balaban J connectivity index is 1.96. The minimum absolute atomic E-state index is 0.0294. The van der Waals surface area contributed by atoms with Crippen LogP contribution in [0.1, 0.15) is 68.3 Å². The third kappa shape index (κ3) is 4.27. The SMILES string of the molecule is CC(OC(=O)C(=O)c1ccc(C(C)C)cc1)C(=O)C1CCCC1. The number of hydrogen-bond donors (Lipinski definition) is 0. The predicted molar refractivity (Wildman–Crippen MR) is 87.4 cm³/mol. The summed E-state index contributed by atoms with van der Waals surface area (Å²) in [6, 6.07) is 6.92. The Morgan fingerprint density at radius 1 is 1.00 bits per heavy atom. The van der Waals surface area contributed by atoms with Gasteiger partial charge in [-0.15, -0.1) is 0 Å². The zero-order valence-electron chi connectivity index (χ0n) is 14.0. The average Bonchev–Trinajstić information content (AvgIpc) is 3.07. The van der Waals surface area contributed by atoms with Crippen molar-refractivity contribution in [3.8, 4) is 0 Å². The van der Waals surface area contributed by atoms with Gasteiger partial charge in [0.25, 0.3) is 5.78 Å². The Bertz CT molecular complexity index is 580. The summed E-state index contributed by atoms with van der Waals surface area (Å²) in [5.74, 6) is -1.40. The summed E-state index contributed by atoms with van der Waals surface area (Å²) in [5.41, 5.74) is 1.39. The second-order valence-corrected chi connectivity index (χ2v) is 6.54. The largest absolute Gasteiger partial charge is 0.449 e. The summed E-state index contributed by atoms with van der Waals surface area (Å²) >= 11 is 0. The molecule has 0 aliphatic heterocycles. The van der Waals surface area contributed by atoms with Gasteiger partial charge in [0.05, 0.1) is 0 Å². The van der Waals surface area contributed by atoms with Gasteiger partial charge in [-0.1, -0.05) is 51.0 Å². The van der Waals surface area contributed by atoms with Gasteiger partial charge in [-0.3, -0.25) is 9.59 Å². The van der Waals surface area contributed by atoms with E-state index in [2.05, 4.69) is 13.8 Å². The zero-order chi connectivity index (χ0) is 17.0. The van der Waals surface area contributed by atoms with E-state index in [0.29, 0.717) is 11.5 Å². The van der Waals surface area contributed by atoms with Crippen molar-refractivity contribution in [1.29, 1.82) is 0 Å².